The Hall–Kier alpha value is -3.15. The Morgan fingerprint density at radius 2 is 1.96 bits per heavy atom. The lowest BCUT2D eigenvalue weighted by Crippen LogP contribution is -2.33. The Morgan fingerprint density at radius 3 is 2.71 bits per heavy atom. The highest BCUT2D eigenvalue weighted by Crippen LogP contribution is 2.38. The topological polar surface area (TPSA) is 59.7 Å². The Bertz CT molecular complexity index is 1020. The van der Waals surface area contributed by atoms with Gasteiger partial charge in [0, 0.05) is 11.3 Å². The van der Waals surface area contributed by atoms with E-state index in [-0.39, 0.29) is 12.5 Å². The minimum Gasteiger partial charge on any atom is -0.465 e. The number of unbranched alkanes of at least 4 members (excludes halogenated alkanes) is 1. The number of esters is 1. The fourth-order valence-corrected chi connectivity index (χ4v) is 3.61. The average molecular weight is 376 g/mol. The van der Waals surface area contributed by atoms with Gasteiger partial charge in [0.05, 0.1) is 24.7 Å². The largest absolute Gasteiger partial charge is 0.465 e. The third kappa shape index (κ3) is 3.26. The molecule has 0 saturated heterocycles. The zero-order chi connectivity index (χ0) is 19.5. The number of hydrogen-bond acceptors (Lipinski definition) is 5. The number of ether oxygens (including phenoxy) is 1. The Balaban J connectivity index is 1.89. The van der Waals surface area contributed by atoms with E-state index < -0.39 is 0 Å². The molecule has 0 saturated carbocycles. The molecule has 0 fully saturated rings. The van der Waals surface area contributed by atoms with Crippen molar-refractivity contribution in [3.05, 3.63) is 54.1 Å². The van der Waals surface area contributed by atoms with Crippen LogP contribution in [0.2, 0.25) is 0 Å². The van der Waals surface area contributed by atoms with Gasteiger partial charge in [-0.3, -0.25) is 14.2 Å². The summed E-state index contributed by atoms with van der Waals surface area (Å²) in [5, 5.41) is 0. The van der Waals surface area contributed by atoms with Crippen LogP contribution in [0, 0.1) is 0 Å². The number of aromatic nitrogens is 3. The molecule has 0 aliphatic carbocycles. The van der Waals surface area contributed by atoms with Crippen LogP contribution in [-0.2, 0) is 9.53 Å². The van der Waals surface area contributed by atoms with Crippen LogP contribution in [0.1, 0.15) is 38.8 Å². The van der Waals surface area contributed by atoms with Gasteiger partial charge in [0.2, 0.25) is 0 Å². The first-order valence-corrected chi connectivity index (χ1v) is 9.78. The summed E-state index contributed by atoms with van der Waals surface area (Å²) >= 11 is 0. The van der Waals surface area contributed by atoms with E-state index in [0.717, 1.165) is 53.4 Å². The predicted molar refractivity (Wildman–Crippen MR) is 110 cm³/mol. The van der Waals surface area contributed by atoms with Crippen molar-refractivity contribution in [1.82, 2.24) is 14.4 Å². The van der Waals surface area contributed by atoms with Crippen molar-refractivity contribution >= 4 is 23.5 Å². The van der Waals surface area contributed by atoms with Gasteiger partial charge in [0.1, 0.15) is 18.1 Å². The molecule has 0 unspecified atom stereocenters. The van der Waals surface area contributed by atoms with Crippen LogP contribution in [-0.4, -0.2) is 33.5 Å². The SMILES string of the molecule is CCCCC1=Cc2cncc3nc(-c4ccccc4)c(n23)N1CC(=O)OCC. The lowest BCUT2D eigenvalue weighted by molar-refractivity contribution is -0.141. The molecule has 0 bridgehead atoms. The van der Waals surface area contributed by atoms with Gasteiger partial charge in [-0.2, -0.15) is 0 Å². The summed E-state index contributed by atoms with van der Waals surface area (Å²) in [4.78, 5) is 23.7. The number of hydrogen-bond donors (Lipinski definition) is 0. The predicted octanol–water partition coefficient (Wildman–Crippen LogP) is 4.31. The third-order valence-corrected chi connectivity index (χ3v) is 4.88. The second-order valence-electron chi connectivity index (χ2n) is 6.81. The Labute approximate surface area is 164 Å². The summed E-state index contributed by atoms with van der Waals surface area (Å²) in [6, 6.07) is 10.1. The summed E-state index contributed by atoms with van der Waals surface area (Å²) in [5.41, 5.74) is 4.70. The number of anilines is 1. The molecule has 1 aromatic carbocycles. The summed E-state index contributed by atoms with van der Waals surface area (Å²) in [7, 11) is 0. The summed E-state index contributed by atoms with van der Waals surface area (Å²) in [5.74, 6) is 0.664. The number of imidazole rings is 1. The van der Waals surface area contributed by atoms with Gasteiger partial charge in [-0.25, -0.2) is 4.98 Å². The van der Waals surface area contributed by atoms with Gasteiger partial charge < -0.3 is 9.64 Å². The molecule has 3 aromatic rings. The highest BCUT2D eigenvalue weighted by Gasteiger charge is 2.29. The van der Waals surface area contributed by atoms with E-state index >= 15 is 0 Å². The second-order valence-corrected chi connectivity index (χ2v) is 6.81. The van der Waals surface area contributed by atoms with Crippen molar-refractivity contribution in [2.24, 2.45) is 0 Å². The van der Waals surface area contributed by atoms with Crippen molar-refractivity contribution in [3.63, 3.8) is 0 Å². The molecule has 144 valence electrons. The number of nitrogens with zero attached hydrogens (tertiary/aromatic N) is 4. The van der Waals surface area contributed by atoms with Gasteiger partial charge in [-0.05, 0) is 25.8 Å². The van der Waals surface area contributed by atoms with E-state index in [4.69, 9.17) is 9.72 Å². The maximum Gasteiger partial charge on any atom is 0.326 e. The van der Waals surface area contributed by atoms with Crippen molar-refractivity contribution in [1.29, 1.82) is 0 Å². The second kappa shape index (κ2) is 7.84. The zero-order valence-corrected chi connectivity index (χ0v) is 16.3. The molecule has 0 N–H and O–H groups in total. The van der Waals surface area contributed by atoms with Crippen LogP contribution in [0.15, 0.2) is 48.4 Å². The smallest absolute Gasteiger partial charge is 0.326 e. The van der Waals surface area contributed by atoms with Crippen molar-refractivity contribution in [3.8, 4) is 11.3 Å². The van der Waals surface area contributed by atoms with Gasteiger partial charge in [0.15, 0.2) is 5.65 Å². The first kappa shape index (κ1) is 18.2. The van der Waals surface area contributed by atoms with E-state index in [0.29, 0.717) is 6.61 Å². The number of benzene rings is 1. The number of allylic oxidation sites excluding steroid dienone is 1. The van der Waals surface area contributed by atoms with E-state index in [9.17, 15) is 4.79 Å². The average Bonchev–Trinajstić information content (AvgIpc) is 3.11. The van der Waals surface area contributed by atoms with Crippen LogP contribution >= 0.6 is 0 Å². The summed E-state index contributed by atoms with van der Waals surface area (Å²) < 4.78 is 7.33. The van der Waals surface area contributed by atoms with Gasteiger partial charge in [0.25, 0.3) is 0 Å². The maximum atomic E-state index is 12.4. The third-order valence-electron chi connectivity index (χ3n) is 4.88. The van der Waals surface area contributed by atoms with Crippen molar-refractivity contribution < 1.29 is 9.53 Å². The maximum absolute atomic E-state index is 12.4. The molecule has 0 radical (unpaired) electrons. The number of carbonyl (C=O) groups excluding carboxylic acids is 1. The van der Waals surface area contributed by atoms with E-state index in [1.54, 1.807) is 6.20 Å². The van der Waals surface area contributed by atoms with Crippen LogP contribution in [0.5, 0.6) is 0 Å². The minimum absolute atomic E-state index is 0.165. The molecule has 1 aliphatic heterocycles. The zero-order valence-electron chi connectivity index (χ0n) is 16.3. The van der Waals surface area contributed by atoms with Gasteiger partial charge >= 0.3 is 5.97 Å². The standard InChI is InChI=1S/C22H24N4O2/c1-3-5-11-17-12-18-13-23-14-19-24-21(16-9-7-6-8-10-16)22(26(18)19)25(17)15-20(27)28-4-2/h6-10,12-14H,3-5,11,15H2,1-2H3. The first-order valence-electron chi connectivity index (χ1n) is 9.78. The van der Waals surface area contributed by atoms with E-state index in [1.165, 1.54) is 0 Å². The molecule has 2 aromatic heterocycles. The van der Waals surface area contributed by atoms with Crippen LogP contribution in [0.25, 0.3) is 23.0 Å². The molecule has 4 rings (SSSR count). The van der Waals surface area contributed by atoms with Gasteiger partial charge in [-0.1, -0.05) is 43.7 Å². The highest BCUT2D eigenvalue weighted by atomic mass is 16.5. The monoisotopic (exact) mass is 376 g/mol. The summed E-state index contributed by atoms with van der Waals surface area (Å²) in [6.07, 6.45) is 8.72. The lowest BCUT2D eigenvalue weighted by Gasteiger charge is -2.30. The molecule has 28 heavy (non-hydrogen) atoms. The molecule has 1 aliphatic rings. The molecular formula is C22H24N4O2. The number of carbonyl (C=O) groups is 1. The van der Waals surface area contributed by atoms with Crippen molar-refractivity contribution in [2.75, 3.05) is 18.1 Å². The van der Waals surface area contributed by atoms with E-state index in [2.05, 4.69) is 27.3 Å². The van der Waals surface area contributed by atoms with Crippen molar-refractivity contribution in [2.45, 2.75) is 33.1 Å². The molecule has 6 nitrogen and oxygen atoms in total. The summed E-state index contributed by atoms with van der Waals surface area (Å²) in [6.45, 7) is 4.53. The fraction of sp³-hybridized carbons (Fsp3) is 0.318. The fourth-order valence-electron chi connectivity index (χ4n) is 3.61. The number of rotatable bonds is 7. The van der Waals surface area contributed by atoms with Crippen LogP contribution in [0.3, 0.4) is 0 Å². The molecule has 0 spiro atoms. The van der Waals surface area contributed by atoms with Gasteiger partial charge in [-0.15, -0.1) is 0 Å². The van der Waals surface area contributed by atoms with E-state index in [1.807, 2.05) is 43.5 Å². The highest BCUT2D eigenvalue weighted by molar-refractivity contribution is 5.86. The normalized spacial score (nSPS) is 12.9. The minimum atomic E-state index is -0.239. The molecule has 0 atom stereocenters. The molecule has 3 heterocycles. The Kier molecular flexibility index (Phi) is 5.10. The molecular weight excluding hydrogens is 352 g/mol. The first-order chi connectivity index (χ1) is 13.7. The Morgan fingerprint density at radius 1 is 1.14 bits per heavy atom. The molecule has 0 amide bonds. The molecule has 6 heteroatoms. The van der Waals surface area contributed by atoms with Crippen LogP contribution < -0.4 is 4.90 Å². The quantitative estimate of drug-likeness (QED) is 0.575. The lowest BCUT2D eigenvalue weighted by atomic mass is 10.1. The van der Waals surface area contributed by atoms with Crippen LogP contribution in [0.4, 0.5) is 5.82 Å².